The number of benzene rings is 3. The van der Waals surface area contributed by atoms with Gasteiger partial charge < -0.3 is 9.40 Å². The van der Waals surface area contributed by atoms with E-state index in [9.17, 15) is 4.39 Å². The molecule has 0 atom stereocenters. The van der Waals surface area contributed by atoms with E-state index in [-0.39, 0.29) is 5.82 Å². The van der Waals surface area contributed by atoms with Crippen molar-refractivity contribution in [2.45, 2.75) is 27.4 Å². The van der Waals surface area contributed by atoms with Crippen LogP contribution in [0.15, 0.2) is 90.1 Å². The highest BCUT2D eigenvalue weighted by molar-refractivity contribution is 6.01. The largest absolute Gasteiger partial charge is 0.391 e. The lowest BCUT2D eigenvalue weighted by Gasteiger charge is -2.12. The first-order valence-corrected chi connectivity index (χ1v) is 10.3. The van der Waals surface area contributed by atoms with Gasteiger partial charge in [-0.2, -0.15) is 0 Å². The molecule has 3 nitrogen and oxygen atoms in total. The van der Waals surface area contributed by atoms with Gasteiger partial charge in [-0.25, -0.2) is 4.39 Å². The summed E-state index contributed by atoms with van der Waals surface area (Å²) in [6.45, 7) is 6.49. The molecule has 0 unspecified atom stereocenters. The van der Waals surface area contributed by atoms with Gasteiger partial charge in [-0.1, -0.05) is 53.2 Å². The molecule has 0 fully saturated rings. The number of aryl methyl sites for hydroxylation is 1. The third-order valence-corrected chi connectivity index (χ3v) is 5.31. The molecule has 0 bridgehead atoms. The van der Waals surface area contributed by atoms with Crippen molar-refractivity contribution in [3.8, 4) is 16.9 Å². The highest BCUT2D eigenvalue weighted by Crippen LogP contribution is 2.30. The molecule has 0 saturated heterocycles. The molecule has 4 rings (SSSR count). The van der Waals surface area contributed by atoms with Crippen LogP contribution in [0.25, 0.3) is 16.9 Å². The number of para-hydroxylation sites is 1. The first kappa shape index (κ1) is 20.6. The van der Waals surface area contributed by atoms with Crippen LogP contribution >= 0.6 is 0 Å². The summed E-state index contributed by atoms with van der Waals surface area (Å²) in [6.07, 6.45) is 0. The van der Waals surface area contributed by atoms with Crippen LogP contribution in [-0.2, 0) is 11.4 Å². The van der Waals surface area contributed by atoms with E-state index >= 15 is 0 Å². The van der Waals surface area contributed by atoms with Gasteiger partial charge in [-0.15, -0.1) is 0 Å². The van der Waals surface area contributed by atoms with Crippen molar-refractivity contribution in [3.63, 3.8) is 0 Å². The van der Waals surface area contributed by atoms with Crippen molar-refractivity contribution in [2.75, 3.05) is 0 Å². The molecular formula is C27H25FN2O. The standard InChI is InChI=1S/C27H25FN2O/c1-19-8-7-9-22(16-19)18-31-29-20(2)26-17-27(23-12-14-24(28)15-13-23)30(21(26)3)25-10-5-4-6-11-25/h4-17H,18H2,1-3H3/b29-20+. The Hall–Kier alpha value is -3.66. The molecule has 3 aromatic carbocycles. The van der Waals surface area contributed by atoms with E-state index in [1.807, 2.05) is 37.3 Å². The third kappa shape index (κ3) is 4.58. The molecule has 4 heteroatoms. The number of aromatic nitrogens is 1. The summed E-state index contributed by atoms with van der Waals surface area (Å²) in [7, 11) is 0. The lowest BCUT2D eigenvalue weighted by Crippen LogP contribution is -2.02. The van der Waals surface area contributed by atoms with E-state index in [0.29, 0.717) is 6.61 Å². The first-order chi connectivity index (χ1) is 15.0. The van der Waals surface area contributed by atoms with Crippen LogP contribution in [0.1, 0.15) is 29.3 Å². The predicted octanol–water partition coefficient (Wildman–Crippen LogP) is 6.84. The van der Waals surface area contributed by atoms with Gasteiger partial charge in [-0.3, -0.25) is 0 Å². The van der Waals surface area contributed by atoms with Gasteiger partial charge in [0.05, 0.1) is 11.4 Å². The second-order valence-corrected chi connectivity index (χ2v) is 7.65. The Labute approximate surface area is 182 Å². The van der Waals surface area contributed by atoms with Crippen LogP contribution in [0, 0.1) is 19.7 Å². The van der Waals surface area contributed by atoms with Gasteiger partial charge in [0.1, 0.15) is 12.4 Å². The molecular weight excluding hydrogens is 387 g/mol. The molecule has 0 amide bonds. The topological polar surface area (TPSA) is 26.5 Å². The monoisotopic (exact) mass is 412 g/mol. The SMILES string of the molecule is C/C(=N\OCc1cccc(C)c1)c1cc(-c2ccc(F)cc2)n(-c2ccccc2)c1C. The Morgan fingerprint density at radius 3 is 2.35 bits per heavy atom. The molecule has 1 aromatic heterocycles. The van der Waals surface area contributed by atoms with Gasteiger partial charge in [0.25, 0.3) is 0 Å². The molecule has 0 aliphatic carbocycles. The van der Waals surface area contributed by atoms with Gasteiger partial charge in [0.15, 0.2) is 0 Å². The van der Waals surface area contributed by atoms with Crippen molar-refractivity contribution in [1.82, 2.24) is 4.57 Å². The van der Waals surface area contributed by atoms with Crippen LogP contribution in [0.3, 0.4) is 0 Å². The Kier molecular flexibility index (Phi) is 5.99. The quantitative estimate of drug-likeness (QED) is 0.251. The Morgan fingerprint density at radius 1 is 0.903 bits per heavy atom. The molecule has 0 radical (unpaired) electrons. The van der Waals surface area contributed by atoms with Crippen LogP contribution in [0.5, 0.6) is 0 Å². The molecule has 31 heavy (non-hydrogen) atoms. The summed E-state index contributed by atoms with van der Waals surface area (Å²) in [5.41, 5.74) is 8.07. The van der Waals surface area contributed by atoms with Gasteiger partial charge in [0, 0.05) is 16.9 Å². The summed E-state index contributed by atoms with van der Waals surface area (Å²) in [6, 6.07) is 27.0. The normalized spacial score (nSPS) is 11.5. The lowest BCUT2D eigenvalue weighted by atomic mass is 10.1. The number of oxime groups is 1. The van der Waals surface area contributed by atoms with Crippen molar-refractivity contribution in [1.29, 1.82) is 0 Å². The minimum absolute atomic E-state index is 0.249. The molecule has 1 heterocycles. The number of hydrogen-bond acceptors (Lipinski definition) is 2. The van der Waals surface area contributed by atoms with Gasteiger partial charge in [0.2, 0.25) is 0 Å². The summed E-state index contributed by atoms with van der Waals surface area (Å²) in [4.78, 5) is 5.65. The average molecular weight is 413 g/mol. The fourth-order valence-corrected chi connectivity index (χ4v) is 3.77. The summed E-state index contributed by atoms with van der Waals surface area (Å²) in [5.74, 6) is -0.249. The fourth-order valence-electron chi connectivity index (χ4n) is 3.77. The second-order valence-electron chi connectivity index (χ2n) is 7.65. The van der Waals surface area contributed by atoms with E-state index in [4.69, 9.17) is 4.84 Å². The van der Waals surface area contributed by atoms with Crippen LogP contribution < -0.4 is 0 Å². The summed E-state index contributed by atoms with van der Waals surface area (Å²) >= 11 is 0. The molecule has 156 valence electrons. The second kappa shape index (κ2) is 9.00. The third-order valence-electron chi connectivity index (χ3n) is 5.31. The lowest BCUT2D eigenvalue weighted by molar-refractivity contribution is 0.130. The number of halogens is 1. The zero-order valence-corrected chi connectivity index (χ0v) is 18.0. The Balaban J connectivity index is 1.70. The van der Waals surface area contributed by atoms with Crippen LogP contribution in [0.4, 0.5) is 4.39 Å². The number of rotatable bonds is 6. The highest BCUT2D eigenvalue weighted by Gasteiger charge is 2.17. The minimum Gasteiger partial charge on any atom is -0.391 e. The molecule has 0 N–H and O–H groups in total. The molecule has 0 spiro atoms. The van der Waals surface area contributed by atoms with Crippen molar-refractivity contribution >= 4 is 5.71 Å². The van der Waals surface area contributed by atoms with Crippen molar-refractivity contribution < 1.29 is 9.23 Å². The van der Waals surface area contributed by atoms with Gasteiger partial charge in [-0.05, 0) is 74.4 Å². The first-order valence-electron chi connectivity index (χ1n) is 10.3. The predicted molar refractivity (Wildman–Crippen MR) is 124 cm³/mol. The van der Waals surface area contributed by atoms with Crippen molar-refractivity contribution in [3.05, 3.63) is 113 Å². The number of nitrogens with zero attached hydrogens (tertiary/aromatic N) is 2. The maximum Gasteiger partial charge on any atom is 0.142 e. The zero-order valence-electron chi connectivity index (χ0n) is 18.0. The van der Waals surface area contributed by atoms with E-state index < -0.39 is 0 Å². The van der Waals surface area contributed by atoms with E-state index in [0.717, 1.165) is 39.5 Å². The zero-order chi connectivity index (χ0) is 21.8. The average Bonchev–Trinajstić information content (AvgIpc) is 3.12. The number of hydrogen-bond donors (Lipinski definition) is 0. The van der Waals surface area contributed by atoms with Crippen molar-refractivity contribution in [2.24, 2.45) is 5.16 Å². The molecule has 0 aliphatic rings. The summed E-state index contributed by atoms with van der Waals surface area (Å²) < 4.78 is 15.7. The Bertz CT molecular complexity index is 1210. The van der Waals surface area contributed by atoms with E-state index in [1.165, 1.54) is 17.7 Å². The molecule has 0 saturated carbocycles. The van der Waals surface area contributed by atoms with E-state index in [1.54, 1.807) is 12.1 Å². The molecule has 0 aliphatic heterocycles. The smallest absolute Gasteiger partial charge is 0.142 e. The minimum atomic E-state index is -0.249. The van der Waals surface area contributed by atoms with E-state index in [2.05, 4.69) is 53.9 Å². The Morgan fingerprint density at radius 2 is 1.65 bits per heavy atom. The van der Waals surface area contributed by atoms with Crippen LogP contribution in [0.2, 0.25) is 0 Å². The summed E-state index contributed by atoms with van der Waals surface area (Å²) in [5, 5.41) is 4.38. The maximum absolute atomic E-state index is 13.5. The van der Waals surface area contributed by atoms with Crippen LogP contribution in [-0.4, -0.2) is 10.3 Å². The van der Waals surface area contributed by atoms with Gasteiger partial charge >= 0.3 is 0 Å². The fraction of sp³-hybridized carbons (Fsp3) is 0.148. The molecule has 4 aromatic rings. The highest BCUT2D eigenvalue weighted by atomic mass is 19.1. The maximum atomic E-state index is 13.5.